The molecule has 7 nitrogen and oxygen atoms in total. The van der Waals surface area contributed by atoms with Gasteiger partial charge in [0, 0.05) is 43.5 Å². The highest BCUT2D eigenvalue weighted by Gasteiger charge is 2.30. The van der Waals surface area contributed by atoms with Gasteiger partial charge >= 0.3 is 0 Å². The smallest absolute Gasteiger partial charge is 0.247 e. The zero-order chi connectivity index (χ0) is 27.3. The van der Waals surface area contributed by atoms with Gasteiger partial charge in [-0.05, 0) is 104 Å². The van der Waals surface area contributed by atoms with E-state index in [-0.39, 0.29) is 0 Å². The first-order chi connectivity index (χ1) is 19.6. The fraction of sp³-hybridized carbons (Fsp3) is 0.424. The molecule has 3 heterocycles. The Morgan fingerprint density at radius 1 is 0.900 bits per heavy atom. The summed E-state index contributed by atoms with van der Waals surface area (Å²) in [5, 5.41) is 12.0. The number of anilines is 2. The number of aryl methyl sites for hydroxylation is 1. The maximum Gasteiger partial charge on any atom is 0.247 e. The third-order valence-corrected chi connectivity index (χ3v) is 8.59. The zero-order valence-corrected chi connectivity index (χ0v) is 23.6. The second kappa shape index (κ2) is 12.1. The Balaban J connectivity index is 1.09. The minimum Gasteiger partial charge on any atom is -0.497 e. The second-order valence-corrected chi connectivity index (χ2v) is 11.3. The molecule has 2 aromatic heterocycles. The van der Waals surface area contributed by atoms with Crippen LogP contribution in [0.25, 0.3) is 22.6 Å². The minimum absolute atomic E-state index is 0.472. The fourth-order valence-electron chi connectivity index (χ4n) is 6.49. The molecule has 1 saturated carbocycles. The standard InChI is InChI=1S/C33H39N5O2/c1-23-36-37-33(40-23)26-9-13-29(14-10-26)38-19-5-6-24(22-38)20-28-7-3-4-8-31(28)35-32-21-27(17-18-34-32)25-11-15-30(39-2)16-12-25/h9-18,21,24,28,31H,3-8,19-20,22H2,1-2H3,(H,34,35)/t24?,28-,31+/m0/s1. The van der Waals surface area contributed by atoms with Crippen molar-refractivity contribution < 1.29 is 9.15 Å². The van der Waals surface area contributed by atoms with Crippen molar-refractivity contribution >= 4 is 11.5 Å². The Kier molecular flexibility index (Phi) is 7.98. The van der Waals surface area contributed by atoms with Crippen LogP contribution in [0.15, 0.2) is 71.3 Å². The van der Waals surface area contributed by atoms with E-state index >= 15 is 0 Å². The van der Waals surface area contributed by atoms with Crippen LogP contribution in [0, 0.1) is 18.8 Å². The average molecular weight is 538 g/mol. The van der Waals surface area contributed by atoms with Crippen molar-refractivity contribution in [1.82, 2.24) is 15.2 Å². The van der Waals surface area contributed by atoms with Crippen LogP contribution in [0.5, 0.6) is 5.75 Å². The van der Waals surface area contributed by atoms with Gasteiger partial charge in [-0.1, -0.05) is 25.0 Å². The van der Waals surface area contributed by atoms with Gasteiger partial charge in [0.2, 0.25) is 11.8 Å². The molecule has 2 fully saturated rings. The van der Waals surface area contributed by atoms with E-state index in [4.69, 9.17) is 14.1 Å². The molecule has 0 radical (unpaired) electrons. The molecule has 0 bridgehead atoms. The number of methoxy groups -OCH3 is 1. The summed E-state index contributed by atoms with van der Waals surface area (Å²) in [5.74, 6) is 4.41. The number of aromatic nitrogens is 3. The van der Waals surface area contributed by atoms with Crippen molar-refractivity contribution in [3.63, 3.8) is 0 Å². The highest BCUT2D eigenvalue weighted by Crippen LogP contribution is 2.36. The molecule has 1 N–H and O–H groups in total. The molecule has 0 amide bonds. The van der Waals surface area contributed by atoms with Crippen LogP contribution in [0.3, 0.4) is 0 Å². The van der Waals surface area contributed by atoms with Crippen molar-refractivity contribution in [3.05, 3.63) is 72.8 Å². The summed E-state index contributed by atoms with van der Waals surface area (Å²) < 4.78 is 10.9. The number of pyridine rings is 1. The number of piperidine rings is 1. The van der Waals surface area contributed by atoms with Crippen molar-refractivity contribution in [2.24, 2.45) is 11.8 Å². The quantitative estimate of drug-likeness (QED) is 0.251. The largest absolute Gasteiger partial charge is 0.497 e. The van der Waals surface area contributed by atoms with E-state index in [1.54, 1.807) is 7.11 Å². The third kappa shape index (κ3) is 6.14. The molecule has 6 rings (SSSR count). The van der Waals surface area contributed by atoms with Crippen molar-refractivity contribution in [2.45, 2.75) is 57.9 Å². The van der Waals surface area contributed by atoms with Crippen LogP contribution in [0.4, 0.5) is 11.5 Å². The van der Waals surface area contributed by atoms with Crippen molar-refractivity contribution in [2.75, 3.05) is 30.4 Å². The molecule has 1 unspecified atom stereocenters. The number of nitrogens with zero attached hydrogens (tertiary/aromatic N) is 4. The van der Waals surface area contributed by atoms with E-state index in [0.717, 1.165) is 30.2 Å². The van der Waals surface area contributed by atoms with Gasteiger partial charge < -0.3 is 19.4 Å². The summed E-state index contributed by atoms with van der Waals surface area (Å²) in [7, 11) is 1.70. The van der Waals surface area contributed by atoms with Crippen LogP contribution in [-0.2, 0) is 0 Å². The van der Waals surface area contributed by atoms with Gasteiger partial charge in [-0.2, -0.15) is 0 Å². The summed E-state index contributed by atoms with van der Waals surface area (Å²) in [4.78, 5) is 7.25. The molecule has 2 aliphatic rings. The topological polar surface area (TPSA) is 76.3 Å². The molecule has 4 aromatic rings. The van der Waals surface area contributed by atoms with Gasteiger partial charge in [-0.15, -0.1) is 10.2 Å². The molecule has 40 heavy (non-hydrogen) atoms. The van der Waals surface area contributed by atoms with E-state index in [9.17, 15) is 0 Å². The molecule has 208 valence electrons. The van der Waals surface area contributed by atoms with Gasteiger partial charge in [-0.25, -0.2) is 4.98 Å². The second-order valence-electron chi connectivity index (χ2n) is 11.3. The molecule has 1 aliphatic carbocycles. The fourth-order valence-corrected chi connectivity index (χ4v) is 6.49. The lowest BCUT2D eigenvalue weighted by Crippen LogP contribution is -2.39. The summed E-state index contributed by atoms with van der Waals surface area (Å²) >= 11 is 0. The summed E-state index contributed by atoms with van der Waals surface area (Å²) in [5.41, 5.74) is 4.60. The van der Waals surface area contributed by atoms with Gasteiger partial charge in [0.1, 0.15) is 11.6 Å². The van der Waals surface area contributed by atoms with E-state index in [2.05, 4.69) is 68.9 Å². The Bertz CT molecular complexity index is 1380. The molecular weight excluding hydrogens is 498 g/mol. The first-order valence-electron chi connectivity index (χ1n) is 14.7. The molecule has 3 atom stereocenters. The Morgan fingerprint density at radius 2 is 1.70 bits per heavy atom. The van der Waals surface area contributed by atoms with E-state index < -0.39 is 0 Å². The predicted molar refractivity (Wildman–Crippen MR) is 160 cm³/mol. The third-order valence-electron chi connectivity index (χ3n) is 8.59. The number of ether oxygens (including phenoxy) is 1. The average Bonchev–Trinajstić information content (AvgIpc) is 3.45. The monoisotopic (exact) mass is 537 g/mol. The molecule has 2 aromatic carbocycles. The van der Waals surface area contributed by atoms with Crippen LogP contribution >= 0.6 is 0 Å². The molecular formula is C33H39N5O2. The van der Waals surface area contributed by atoms with Gasteiger partial charge in [-0.3, -0.25) is 0 Å². The molecule has 1 saturated heterocycles. The highest BCUT2D eigenvalue weighted by molar-refractivity contribution is 5.67. The Labute approximate surface area is 237 Å². The molecule has 1 aliphatic heterocycles. The lowest BCUT2D eigenvalue weighted by Gasteiger charge is -2.39. The van der Waals surface area contributed by atoms with E-state index in [0.29, 0.717) is 29.7 Å². The number of nitrogens with one attached hydrogen (secondary N) is 1. The zero-order valence-electron chi connectivity index (χ0n) is 23.6. The van der Waals surface area contributed by atoms with Crippen LogP contribution in [0.1, 0.15) is 50.8 Å². The van der Waals surface area contributed by atoms with Gasteiger partial charge in [0.25, 0.3) is 0 Å². The predicted octanol–water partition coefficient (Wildman–Crippen LogP) is 7.39. The summed E-state index contributed by atoms with van der Waals surface area (Å²) in [6.45, 7) is 4.05. The minimum atomic E-state index is 0.472. The SMILES string of the molecule is COc1ccc(-c2ccnc(N[C@@H]3CCCC[C@H]3CC3CCCN(c4ccc(-c5nnc(C)o5)cc4)C3)c2)cc1. The summed E-state index contributed by atoms with van der Waals surface area (Å²) in [6, 6.07) is 21.6. The van der Waals surface area contributed by atoms with E-state index in [1.807, 2.05) is 25.3 Å². The summed E-state index contributed by atoms with van der Waals surface area (Å²) in [6.07, 6.45) is 10.9. The maximum absolute atomic E-state index is 5.60. The molecule has 7 heteroatoms. The van der Waals surface area contributed by atoms with Crippen LogP contribution in [-0.4, -0.2) is 41.4 Å². The normalized spacial score (nSPS) is 21.2. The lowest BCUT2D eigenvalue weighted by molar-refractivity contribution is 0.247. The molecule has 0 spiro atoms. The number of benzene rings is 2. The Hall–Kier alpha value is -3.87. The maximum atomic E-state index is 5.60. The first kappa shape index (κ1) is 26.4. The van der Waals surface area contributed by atoms with Crippen molar-refractivity contribution in [1.29, 1.82) is 0 Å². The van der Waals surface area contributed by atoms with Crippen LogP contribution in [0.2, 0.25) is 0 Å². The number of hydrogen-bond donors (Lipinski definition) is 1. The van der Waals surface area contributed by atoms with E-state index in [1.165, 1.54) is 61.8 Å². The van der Waals surface area contributed by atoms with Gasteiger partial charge in [0.05, 0.1) is 7.11 Å². The first-order valence-corrected chi connectivity index (χ1v) is 14.7. The lowest BCUT2D eigenvalue weighted by atomic mass is 9.77. The Morgan fingerprint density at radius 3 is 2.48 bits per heavy atom. The highest BCUT2D eigenvalue weighted by atomic mass is 16.5. The van der Waals surface area contributed by atoms with Crippen LogP contribution < -0.4 is 15.0 Å². The number of hydrogen-bond acceptors (Lipinski definition) is 7. The van der Waals surface area contributed by atoms with Crippen molar-refractivity contribution in [3.8, 4) is 28.3 Å². The number of rotatable bonds is 8. The van der Waals surface area contributed by atoms with Gasteiger partial charge in [0.15, 0.2) is 0 Å².